The first kappa shape index (κ1) is 18.0. The molecule has 0 spiro atoms. The van der Waals surface area contributed by atoms with Crippen LogP contribution in [0.2, 0.25) is 0 Å². The fourth-order valence-electron chi connectivity index (χ4n) is 3.07. The summed E-state index contributed by atoms with van der Waals surface area (Å²) in [5.41, 5.74) is 1.57. The van der Waals surface area contributed by atoms with E-state index in [0.29, 0.717) is 31.7 Å². The highest BCUT2D eigenvalue weighted by atomic mass is 19.1. The number of piperazine rings is 1. The van der Waals surface area contributed by atoms with Gasteiger partial charge >= 0.3 is 0 Å². The van der Waals surface area contributed by atoms with Crippen LogP contribution in [-0.2, 0) is 4.79 Å². The number of halogens is 1. The van der Waals surface area contributed by atoms with Crippen molar-refractivity contribution in [2.45, 2.75) is 6.42 Å². The Hall–Kier alpha value is -2.76. The van der Waals surface area contributed by atoms with E-state index in [1.54, 1.807) is 25.3 Å². The lowest BCUT2D eigenvalue weighted by molar-refractivity contribution is -0.131. The minimum atomic E-state index is -0.298. The van der Waals surface area contributed by atoms with Gasteiger partial charge in [0.1, 0.15) is 11.6 Å². The molecule has 1 saturated heterocycles. The molecule has 0 aromatic heterocycles. The average Bonchev–Trinajstić information content (AvgIpc) is 2.69. The van der Waals surface area contributed by atoms with Gasteiger partial charge in [-0.3, -0.25) is 4.79 Å². The lowest BCUT2D eigenvalue weighted by Gasteiger charge is -2.36. The molecule has 26 heavy (non-hydrogen) atoms. The Kier molecular flexibility index (Phi) is 5.94. The first-order valence-electron chi connectivity index (χ1n) is 8.82. The van der Waals surface area contributed by atoms with Crippen LogP contribution in [0.1, 0.15) is 6.42 Å². The SMILES string of the molecule is COc1ccc(N2CCN(C(=O)CCNc3ccccc3F)CC2)cc1. The molecule has 0 atom stereocenters. The number of benzene rings is 2. The zero-order valence-electron chi connectivity index (χ0n) is 15.0. The third-order valence-corrected chi connectivity index (χ3v) is 4.60. The maximum absolute atomic E-state index is 13.5. The summed E-state index contributed by atoms with van der Waals surface area (Å²) in [4.78, 5) is 16.5. The molecule has 5 nitrogen and oxygen atoms in total. The van der Waals surface area contributed by atoms with Crippen molar-refractivity contribution in [2.24, 2.45) is 0 Å². The largest absolute Gasteiger partial charge is 0.497 e. The maximum atomic E-state index is 13.5. The van der Waals surface area contributed by atoms with Crippen molar-refractivity contribution in [3.05, 3.63) is 54.3 Å². The van der Waals surface area contributed by atoms with E-state index in [4.69, 9.17) is 4.74 Å². The van der Waals surface area contributed by atoms with Gasteiger partial charge in [0.15, 0.2) is 0 Å². The molecule has 2 aromatic carbocycles. The van der Waals surface area contributed by atoms with Crippen molar-refractivity contribution in [3.8, 4) is 5.75 Å². The van der Waals surface area contributed by atoms with Gasteiger partial charge in [-0.25, -0.2) is 4.39 Å². The Bertz CT molecular complexity index is 728. The second-order valence-electron chi connectivity index (χ2n) is 6.22. The third-order valence-electron chi connectivity index (χ3n) is 4.60. The lowest BCUT2D eigenvalue weighted by atomic mass is 10.2. The Labute approximate surface area is 153 Å². The fourth-order valence-corrected chi connectivity index (χ4v) is 3.07. The molecule has 1 aliphatic rings. The molecule has 0 radical (unpaired) electrons. The monoisotopic (exact) mass is 357 g/mol. The molecule has 1 heterocycles. The number of ether oxygens (including phenoxy) is 1. The van der Waals surface area contributed by atoms with Gasteiger partial charge in [-0.1, -0.05) is 12.1 Å². The van der Waals surface area contributed by atoms with E-state index in [0.717, 1.165) is 24.5 Å². The van der Waals surface area contributed by atoms with Gasteiger partial charge in [-0.05, 0) is 36.4 Å². The van der Waals surface area contributed by atoms with Crippen LogP contribution in [0.5, 0.6) is 5.75 Å². The fraction of sp³-hybridized carbons (Fsp3) is 0.350. The summed E-state index contributed by atoms with van der Waals surface area (Å²) in [6.07, 6.45) is 0.358. The van der Waals surface area contributed by atoms with E-state index in [1.165, 1.54) is 6.07 Å². The standard InChI is InChI=1S/C20H24FN3O2/c1-26-17-8-6-16(7-9-17)23-12-14-24(15-13-23)20(25)10-11-22-19-5-3-2-4-18(19)21/h2-9,22H,10-15H2,1H3. The van der Waals surface area contributed by atoms with Crippen LogP contribution in [0.25, 0.3) is 0 Å². The predicted molar refractivity (Wildman–Crippen MR) is 101 cm³/mol. The van der Waals surface area contributed by atoms with Crippen LogP contribution in [0.4, 0.5) is 15.8 Å². The number of carbonyl (C=O) groups excluding carboxylic acids is 1. The zero-order chi connectivity index (χ0) is 18.4. The molecular weight excluding hydrogens is 333 g/mol. The van der Waals surface area contributed by atoms with Crippen molar-refractivity contribution in [3.63, 3.8) is 0 Å². The Morgan fingerprint density at radius 2 is 1.77 bits per heavy atom. The highest BCUT2D eigenvalue weighted by molar-refractivity contribution is 5.77. The summed E-state index contributed by atoms with van der Waals surface area (Å²) in [5, 5.41) is 2.98. The first-order valence-corrected chi connectivity index (χ1v) is 8.82. The topological polar surface area (TPSA) is 44.8 Å². The number of amides is 1. The summed E-state index contributed by atoms with van der Waals surface area (Å²) >= 11 is 0. The molecule has 6 heteroatoms. The minimum Gasteiger partial charge on any atom is -0.497 e. The van der Waals surface area contributed by atoms with E-state index in [-0.39, 0.29) is 11.7 Å². The van der Waals surface area contributed by atoms with E-state index >= 15 is 0 Å². The minimum absolute atomic E-state index is 0.100. The molecule has 0 bridgehead atoms. The summed E-state index contributed by atoms with van der Waals surface area (Å²) < 4.78 is 18.7. The van der Waals surface area contributed by atoms with E-state index in [2.05, 4.69) is 10.2 Å². The molecule has 1 N–H and O–H groups in total. The van der Waals surface area contributed by atoms with Gasteiger partial charge in [0.25, 0.3) is 0 Å². The summed E-state index contributed by atoms with van der Waals surface area (Å²) in [5.74, 6) is 0.640. The second-order valence-corrected chi connectivity index (χ2v) is 6.22. The van der Waals surface area contributed by atoms with Crippen LogP contribution in [0.15, 0.2) is 48.5 Å². The van der Waals surface area contributed by atoms with Crippen molar-refractivity contribution in [1.82, 2.24) is 4.90 Å². The number of anilines is 2. The highest BCUT2D eigenvalue weighted by Gasteiger charge is 2.21. The Balaban J connectivity index is 1.43. The van der Waals surface area contributed by atoms with Gasteiger partial charge in [-0.2, -0.15) is 0 Å². The van der Waals surface area contributed by atoms with Crippen LogP contribution >= 0.6 is 0 Å². The number of methoxy groups -OCH3 is 1. The van der Waals surface area contributed by atoms with Crippen molar-refractivity contribution < 1.29 is 13.9 Å². The zero-order valence-corrected chi connectivity index (χ0v) is 15.0. The van der Waals surface area contributed by atoms with Gasteiger partial charge in [-0.15, -0.1) is 0 Å². The van der Waals surface area contributed by atoms with Crippen molar-refractivity contribution >= 4 is 17.3 Å². The molecule has 1 amide bonds. The average molecular weight is 357 g/mol. The molecule has 138 valence electrons. The molecule has 1 fully saturated rings. The second kappa shape index (κ2) is 8.56. The van der Waals surface area contributed by atoms with Crippen LogP contribution in [-0.4, -0.2) is 50.6 Å². The number of nitrogens with one attached hydrogen (secondary N) is 1. The molecule has 1 aliphatic heterocycles. The number of nitrogens with zero attached hydrogens (tertiary/aromatic N) is 2. The van der Waals surface area contributed by atoms with Crippen LogP contribution in [0.3, 0.4) is 0 Å². The number of para-hydroxylation sites is 1. The summed E-state index contributed by atoms with van der Waals surface area (Å²) in [7, 11) is 1.65. The third kappa shape index (κ3) is 4.45. The number of carbonyl (C=O) groups is 1. The summed E-state index contributed by atoms with van der Waals surface area (Å²) in [6, 6.07) is 14.5. The van der Waals surface area contributed by atoms with Gasteiger partial charge in [0.2, 0.25) is 5.91 Å². The van der Waals surface area contributed by atoms with Crippen molar-refractivity contribution in [1.29, 1.82) is 0 Å². The quantitative estimate of drug-likeness (QED) is 0.863. The Morgan fingerprint density at radius 3 is 2.42 bits per heavy atom. The predicted octanol–water partition coefficient (Wildman–Crippen LogP) is 2.99. The van der Waals surface area contributed by atoms with E-state index < -0.39 is 0 Å². The summed E-state index contributed by atoms with van der Waals surface area (Å²) in [6.45, 7) is 3.44. The van der Waals surface area contributed by atoms with Crippen LogP contribution in [0, 0.1) is 5.82 Å². The normalized spacial score (nSPS) is 14.2. The van der Waals surface area contributed by atoms with Gasteiger partial charge < -0.3 is 19.9 Å². The molecule has 0 aliphatic carbocycles. The van der Waals surface area contributed by atoms with E-state index in [1.807, 2.05) is 29.2 Å². The number of hydrogen-bond donors (Lipinski definition) is 1. The van der Waals surface area contributed by atoms with E-state index in [9.17, 15) is 9.18 Å². The number of hydrogen-bond acceptors (Lipinski definition) is 4. The molecule has 3 rings (SSSR count). The molecule has 0 unspecified atom stereocenters. The highest BCUT2D eigenvalue weighted by Crippen LogP contribution is 2.20. The van der Waals surface area contributed by atoms with Crippen molar-refractivity contribution in [2.75, 3.05) is 50.1 Å². The van der Waals surface area contributed by atoms with Gasteiger partial charge in [0.05, 0.1) is 12.8 Å². The van der Waals surface area contributed by atoms with Gasteiger partial charge in [0, 0.05) is 44.8 Å². The maximum Gasteiger partial charge on any atom is 0.224 e. The lowest BCUT2D eigenvalue weighted by Crippen LogP contribution is -2.49. The Morgan fingerprint density at radius 1 is 1.08 bits per heavy atom. The number of rotatable bonds is 6. The molecular formula is C20H24FN3O2. The van der Waals surface area contributed by atoms with Crippen LogP contribution < -0.4 is 15.0 Å². The first-order chi connectivity index (χ1) is 12.7. The molecule has 2 aromatic rings. The molecule has 0 saturated carbocycles. The smallest absolute Gasteiger partial charge is 0.224 e.